The summed E-state index contributed by atoms with van der Waals surface area (Å²) >= 11 is 3.58. The molecule has 0 aliphatic heterocycles. The quantitative estimate of drug-likeness (QED) is 0.767. The molecule has 18 heavy (non-hydrogen) atoms. The van der Waals surface area contributed by atoms with Crippen molar-refractivity contribution < 1.29 is 0 Å². The van der Waals surface area contributed by atoms with Gasteiger partial charge in [0.1, 0.15) is 0 Å². The van der Waals surface area contributed by atoms with E-state index in [1.165, 1.54) is 35.0 Å². The summed E-state index contributed by atoms with van der Waals surface area (Å²) in [5.74, 6) is 0. The first-order chi connectivity index (χ1) is 8.76. The van der Waals surface area contributed by atoms with Gasteiger partial charge in [0, 0.05) is 29.3 Å². The number of hydrogen-bond donors (Lipinski definition) is 1. The van der Waals surface area contributed by atoms with Gasteiger partial charge in [0.25, 0.3) is 0 Å². The summed E-state index contributed by atoms with van der Waals surface area (Å²) in [6.07, 6.45) is 3.89. The Bertz CT molecular complexity index is 388. The van der Waals surface area contributed by atoms with Crippen molar-refractivity contribution >= 4 is 21.6 Å². The van der Waals surface area contributed by atoms with Gasteiger partial charge in [-0.3, -0.25) is 0 Å². The predicted molar refractivity (Wildman–Crippen MR) is 82.2 cm³/mol. The first-order valence-corrected chi connectivity index (χ1v) is 7.81. The Hall–Kier alpha value is -0.540. The fourth-order valence-corrected chi connectivity index (χ4v) is 2.80. The molecule has 0 heterocycles. The Balaban J connectivity index is 2.15. The minimum atomic E-state index is 0.779. The molecule has 2 rings (SSSR count). The van der Waals surface area contributed by atoms with Crippen molar-refractivity contribution in [2.24, 2.45) is 0 Å². The van der Waals surface area contributed by atoms with E-state index in [-0.39, 0.29) is 0 Å². The van der Waals surface area contributed by atoms with Gasteiger partial charge in [-0.1, -0.05) is 22.9 Å². The lowest BCUT2D eigenvalue weighted by Gasteiger charge is -2.26. The van der Waals surface area contributed by atoms with Gasteiger partial charge < -0.3 is 10.2 Å². The van der Waals surface area contributed by atoms with Gasteiger partial charge in [-0.2, -0.15) is 0 Å². The molecule has 0 spiro atoms. The van der Waals surface area contributed by atoms with E-state index in [1.807, 2.05) is 0 Å². The highest BCUT2D eigenvalue weighted by molar-refractivity contribution is 9.10. The fraction of sp³-hybridized carbons (Fsp3) is 0.600. The molecule has 1 saturated carbocycles. The normalized spacial score (nSPS) is 14.8. The molecule has 1 fully saturated rings. The Labute approximate surface area is 119 Å². The highest BCUT2D eigenvalue weighted by Gasteiger charge is 2.29. The summed E-state index contributed by atoms with van der Waals surface area (Å²) in [5.41, 5.74) is 2.82. The molecule has 2 nitrogen and oxygen atoms in total. The van der Waals surface area contributed by atoms with Crippen LogP contribution in [0.4, 0.5) is 5.69 Å². The SMILES string of the molecule is CCCNCc1cc(Br)ccc1N(CC)C1CC1. The highest BCUT2D eigenvalue weighted by Crippen LogP contribution is 2.34. The van der Waals surface area contributed by atoms with Crippen molar-refractivity contribution in [2.75, 3.05) is 18.0 Å². The van der Waals surface area contributed by atoms with Gasteiger partial charge >= 0.3 is 0 Å². The van der Waals surface area contributed by atoms with Crippen LogP contribution >= 0.6 is 15.9 Å². The van der Waals surface area contributed by atoms with Crippen LogP contribution in [0.3, 0.4) is 0 Å². The topological polar surface area (TPSA) is 15.3 Å². The lowest BCUT2D eigenvalue weighted by atomic mass is 10.1. The number of anilines is 1. The summed E-state index contributed by atoms with van der Waals surface area (Å²) in [6, 6.07) is 7.45. The third kappa shape index (κ3) is 3.48. The summed E-state index contributed by atoms with van der Waals surface area (Å²) < 4.78 is 1.17. The maximum absolute atomic E-state index is 3.58. The summed E-state index contributed by atoms with van der Waals surface area (Å²) in [7, 11) is 0. The maximum Gasteiger partial charge on any atom is 0.0415 e. The van der Waals surface area contributed by atoms with Crippen molar-refractivity contribution in [3.05, 3.63) is 28.2 Å². The van der Waals surface area contributed by atoms with Gasteiger partial charge in [0.05, 0.1) is 0 Å². The fourth-order valence-electron chi connectivity index (χ4n) is 2.39. The van der Waals surface area contributed by atoms with E-state index in [4.69, 9.17) is 0 Å². The Kier molecular flexibility index (Phi) is 5.07. The number of hydrogen-bond acceptors (Lipinski definition) is 2. The zero-order chi connectivity index (χ0) is 13.0. The molecule has 1 aromatic rings. The largest absolute Gasteiger partial charge is 0.369 e. The molecular weight excluding hydrogens is 288 g/mol. The van der Waals surface area contributed by atoms with Crippen molar-refractivity contribution in [3.8, 4) is 0 Å². The molecule has 1 N–H and O–H groups in total. The molecule has 0 amide bonds. The van der Waals surface area contributed by atoms with Gasteiger partial charge in [0.2, 0.25) is 0 Å². The predicted octanol–water partition coefficient (Wildman–Crippen LogP) is 3.94. The van der Waals surface area contributed by atoms with Crippen LogP contribution < -0.4 is 10.2 Å². The van der Waals surface area contributed by atoms with Crippen LogP contribution in [0.25, 0.3) is 0 Å². The lowest BCUT2D eigenvalue weighted by molar-refractivity contribution is 0.671. The van der Waals surface area contributed by atoms with E-state index >= 15 is 0 Å². The molecule has 0 atom stereocenters. The minimum Gasteiger partial charge on any atom is -0.369 e. The van der Waals surface area contributed by atoms with E-state index in [0.29, 0.717) is 0 Å². The standard InChI is InChI=1S/C15H23BrN2/c1-3-9-17-11-12-10-13(16)5-8-15(12)18(4-2)14-6-7-14/h5,8,10,14,17H,3-4,6-7,9,11H2,1-2H3. The third-order valence-electron chi connectivity index (χ3n) is 3.42. The molecule has 1 aromatic carbocycles. The van der Waals surface area contributed by atoms with Crippen LogP contribution in [0, 0.1) is 0 Å². The van der Waals surface area contributed by atoms with Crippen LogP contribution in [-0.4, -0.2) is 19.1 Å². The molecule has 100 valence electrons. The molecule has 1 aliphatic carbocycles. The Morgan fingerprint density at radius 1 is 1.33 bits per heavy atom. The number of benzene rings is 1. The number of rotatable bonds is 7. The Morgan fingerprint density at radius 2 is 2.11 bits per heavy atom. The number of halogens is 1. The molecule has 3 heteroatoms. The minimum absolute atomic E-state index is 0.779. The van der Waals surface area contributed by atoms with Crippen LogP contribution in [0.2, 0.25) is 0 Å². The average Bonchev–Trinajstić information content (AvgIpc) is 3.17. The van der Waals surface area contributed by atoms with Crippen molar-refractivity contribution in [2.45, 2.75) is 45.7 Å². The van der Waals surface area contributed by atoms with E-state index in [2.05, 4.69) is 58.2 Å². The number of nitrogens with one attached hydrogen (secondary N) is 1. The second-order valence-electron chi connectivity index (χ2n) is 4.97. The molecular formula is C15H23BrN2. The molecule has 0 bridgehead atoms. The van der Waals surface area contributed by atoms with Gasteiger partial charge in [-0.25, -0.2) is 0 Å². The lowest BCUT2D eigenvalue weighted by Crippen LogP contribution is -2.27. The molecule has 0 unspecified atom stereocenters. The monoisotopic (exact) mass is 310 g/mol. The third-order valence-corrected chi connectivity index (χ3v) is 3.91. The summed E-state index contributed by atoms with van der Waals surface area (Å²) in [6.45, 7) is 7.61. The van der Waals surface area contributed by atoms with Crippen molar-refractivity contribution in [3.63, 3.8) is 0 Å². The van der Waals surface area contributed by atoms with Crippen LogP contribution in [0.1, 0.15) is 38.7 Å². The summed E-state index contributed by atoms with van der Waals surface area (Å²) in [4.78, 5) is 2.55. The first-order valence-electron chi connectivity index (χ1n) is 7.02. The van der Waals surface area contributed by atoms with Gasteiger partial charge in [-0.15, -0.1) is 0 Å². The maximum atomic E-state index is 3.58. The summed E-state index contributed by atoms with van der Waals surface area (Å²) in [5, 5.41) is 3.51. The Morgan fingerprint density at radius 3 is 2.72 bits per heavy atom. The second-order valence-corrected chi connectivity index (χ2v) is 5.88. The molecule has 1 aliphatic rings. The van der Waals surface area contributed by atoms with Gasteiger partial charge in [-0.05, 0) is 56.5 Å². The second kappa shape index (κ2) is 6.58. The van der Waals surface area contributed by atoms with E-state index in [1.54, 1.807) is 0 Å². The van der Waals surface area contributed by atoms with E-state index in [9.17, 15) is 0 Å². The van der Waals surface area contributed by atoms with E-state index < -0.39 is 0 Å². The van der Waals surface area contributed by atoms with Crippen molar-refractivity contribution in [1.82, 2.24) is 5.32 Å². The average molecular weight is 311 g/mol. The van der Waals surface area contributed by atoms with Crippen LogP contribution in [-0.2, 0) is 6.54 Å². The zero-order valence-electron chi connectivity index (χ0n) is 11.4. The highest BCUT2D eigenvalue weighted by atomic mass is 79.9. The molecule has 0 aromatic heterocycles. The van der Waals surface area contributed by atoms with E-state index in [0.717, 1.165) is 25.7 Å². The number of nitrogens with zero attached hydrogens (tertiary/aromatic N) is 1. The smallest absolute Gasteiger partial charge is 0.0415 e. The van der Waals surface area contributed by atoms with Crippen LogP contribution in [0.5, 0.6) is 0 Å². The van der Waals surface area contributed by atoms with Crippen LogP contribution in [0.15, 0.2) is 22.7 Å². The zero-order valence-corrected chi connectivity index (χ0v) is 13.0. The van der Waals surface area contributed by atoms with Crippen molar-refractivity contribution in [1.29, 1.82) is 0 Å². The first kappa shape index (κ1) is 13.9. The molecule has 0 saturated heterocycles. The van der Waals surface area contributed by atoms with Gasteiger partial charge in [0.15, 0.2) is 0 Å². The molecule has 0 radical (unpaired) electrons.